The summed E-state index contributed by atoms with van der Waals surface area (Å²) in [4.78, 5) is 0. The van der Waals surface area contributed by atoms with Gasteiger partial charge < -0.3 is 0 Å². The van der Waals surface area contributed by atoms with Gasteiger partial charge >= 0.3 is 315 Å². The Kier molecular flexibility index (Phi) is 12.4. The monoisotopic (exact) mass is 920 g/mol. The van der Waals surface area contributed by atoms with Gasteiger partial charge in [0.15, 0.2) is 0 Å². The van der Waals surface area contributed by atoms with Gasteiger partial charge in [0.1, 0.15) is 0 Å². The SMILES string of the molecule is CC(C)(C)C1=CC(=CC(C=C2C=C(C(C)(C)C)[Te]C(C(C)(C)C)=C2)C=C2C=C(C(C)(C)C)[Te]C(C(C)(C)C)=C2)C=C(C(C)(C)C)[Se]1. The molecular weight excluding hydrogens is 851 g/mol. The van der Waals surface area contributed by atoms with Gasteiger partial charge in [-0.25, -0.2) is 0 Å². The van der Waals surface area contributed by atoms with Crippen LogP contribution >= 0.6 is 0 Å². The van der Waals surface area contributed by atoms with Crippen molar-refractivity contribution in [3.8, 4) is 0 Å². The van der Waals surface area contributed by atoms with Gasteiger partial charge in [0.05, 0.1) is 0 Å². The summed E-state index contributed by atoms with van der Waals surface area (Å²) >= 11 is -0.346. The van der Waals surface area contributed by atoms with Gasteiger partial charge in [-0.1, -0.05) is 0 Å². The Balaban J connectivity index is 2.36. The van der Waals surface area contributed by atoms with Gasteiger partial charge in [-0.3, -0.25) is 0 Å². The zero-order valence-corrected chi connectivity index (χ0v) is 38.9. The van der Waals surface area contributed by atoms with Crippen molar-refractivity contribution in [1.29, 1.82) is 0 Å². The summed E-state index contributed by atoms with van der Waals surface area (Å²) in [5.74, 6) is 0.183. The van der Waals surface area contributed by atoms with Crippen molar-refractivity contribution in [2.24, 2.45) is 38.4 Å². The second-order valence-corrected chi connectivity index (χ2v) is 27.9. The Bertz CT molecular complexity index is 1190. The maximum absolute atomic E-state index is 2.57. The summed E-state index contributed by atoms with van der Waals surface area (Å²) in [7, 11) is 0. The Labute approximate surface area is 312 Å². The van der Waals surface area contributed by atoms with Crippen LogP contribution in [0.1, 0.15) is 125 Å². The fourth-order valence-electron chi connectivity index (χ4n) is 4.88. The van der Waals surface area contributed by atoms with Gasteiger partial charge in [0, 0.05) is 0 Å². The van der Waals surface area contributed by atoms with E-state index in [2.05, 4.69) is 179 Å². The predicted molar refractivity (Wildman–Crippen MR) is 210 cm³/mol. The van der Waals surface area contributed by atoms with Crippen molar-refractivity contribution in [1.82, 2.24) is 0 Å². The topological polar surface area (TPSA) is 0 Å². The van der Waals surface area contributed by atoms with Crippen molar-refractivity contribution in [2.45, 2.75) is 125 Å². The van der Waals surface area contributed by atoms with Crippen molar-refractivity contribution in [3.05, 3.63) is 94.8 Å². The van der Waals surface area contributed by atoms with E-state index < -0.39 is 0 Å². The van der Waals surface area contributed by atoms with E-state index in [4.69, 9.17) is 0 Å². The van der Waals surface area contributed by atoms with Crippen LogP contribution in [0.15, 0.2) is 94.8 Å². The third-order valence-corrected chi connectivity index (χ3v) is 22.9. The molecule has 0 bridgehead atoms. The molecule has 3 heteroatoms. The molecule has 0 saturated carbocycles. The van der Waals surface area contributed by atoms with Crippen LogP contribution < -0.4 is 0 Å². The van der Waals surface area contributed by atoms with E-state index >= 15 is 0 Å². The maximum atomic E-state index is 2.57. The summed E-state index contributed by atoms with van der Waals surface area (Å²) in [5, 5.41) is 0. The molecule has 0 radical (unpaired) electrons. The molecule has 0 N–H and O–H groups in total. The molecule has 3 aliphatic rings. The number of rotatable bonds is 3. The summed E-state index contributed by atoms with van der Waals surface area (Å²) < 4.78 is 9.84. The molecule has 0 spiro atoms. The minimum absolute atomic E-state index is 0.168. The quantitative estimate of drug-likeness (QED) is 0.248. The van der Waals surface area contributed by atoms with Gasteiger partial charge in [-0.2, -0.15) is 0 Å². The van der Waals surface area contributed by atoms with Gasteiger partial charge in [0.2, 0.25) is 0 Å². The average Bonchev–Trinajstić information content (AvgIpc) is 2.85. The fourth-order valence-corrected chi connectivity index (χ4v) is 14.6. The first-order valence-corrected chi connectivity index (χ1v) is 23.4. The molecule has 0 amide bonds. The molecule has 0 unspecified atom stereocenters. The summed E-state index contributed by atoms with van der Waals surface area (Å²) in [6.45, 7) is 43.1. The van der Waals surface area contributed by atoms with Crippen LogP contribution in [0.4, 0.5) is 0 Å². The molecule has 0 aromatic carbocycles. The molecule has 0 saturated heterocycles. The molecule has 3 aliphatic heterocycles. The fraction of sp³-hybridized carbons (Fsp3) is 0.581. The molecule has 3 heterocycles. The molecule has 0 nitrogen and oxygen atoms in total. The van der Waals surface area contributed by atoms with Crippen molar-refractivity contribution < 1.29 is 0 Å². The van der Waals surface area contributed by atoms with Crippen LogP contribution in [0.25, 0.3) is 0 Å². The zero-order chi connectivity index (χ0) is 35.3. The van der Waals surface area contributed by atoms with Crippen LogP contribution in [0, 0.1) is 38.4 Å². The summed E-state index contributed by atoms with van der Waals surface area (Å²) in [6, 6.07) is 0. The first-order valence-electron chi connectivity index (χ1n) is 17.1. The van der Waals surface area contributed by atoms with Crippen molar-refractivity contribution >= 4 is 56.8 Å². The normalized spacial score (nSPS) is 19.2. The van der Waals surface area contributed by atoms with E-state index in [9.17, 15) is 0 Å². The van der Waals surface area contributed by atoms with E-state index in [1.54, 1.807) is 23.4 Å². The van der Waals surface area contributed by atoms with Crippen LogP contribution in [0.2, 0.25) is 0 Å². The van der Waals surface area contributed by atoms with Crippen molar-refractivity contribution in [3.63, 3.8) is 0 Å². The molecule has 0 fully saturated rings. The first kappa shape index (κ1) is 40.2. The molecule has 0 aromatic rings. The summed E-state index contributed by atoms with van der Waals surface area (Å²) in [6.07, 6.45) is 23.0. The third-order valence-electron chi connectivity index (χ3n) is 8.04. The molecule has 3 rings (SSSR count). The third kappa shape index (κ3) is 11.4. The van der Waals surface area contributed by atoms with Gasteiger partial charge in [-0.15, -0.1) is 0 Å². The number of hydrogen-bond donors (Lipinski definition) is 0. The Morgan fingerprint density at radius 1 is 0.391 bits per heavy atom. The van der Waals surface area contributed by atoms with E-state index in [0.717, 1.165) is 0 Å². The van der Waals surface area contributed by atoms with Crippen LogP contribution in [0.3, 0.4) is 0 Å². The second-order valence-electron chi connectivity index (χ2n) is 19.4. The van der Waals surface area contributed by atoms with Crippen LogP contribution in [-0.2, 0) is 0 Å². The van der Waals surface area contributed by atoms with E-state index in [0.29, 0.717) is 15.0 Å². The first-order chi connectivity index (χ1) is 20.5. The standard InChI is InChI=1S/C43H64SeTe2/c1-38(2,3)32-22-29(23-33(44-32)39(4,5)6)19-28(20-30-24-34(40(7,8)9)45-35(25-30)41(10,11)12)21-31-26-36(42(13,14)15)46-37(27-31)43(16,17)18/h19-28H,1-18H3. The van der Waals surface area contributed by atoms with Gasteiger partial charge in [0.25, 0.3) is 0 Å². The molecule has 0 atom stereocenters. The molecular formula is C43H64SeTe2. The molecule has 0 aromatic heterocycles. The second kappa shape index (κ2) is 14.2. The van der Waals surface area contributed by atoms with E-state index in [1.165, 1.54) is 16.7 Å². The van der Waals surface area contributed by atoms with Crippen LogP contribution in [0.5, 0.6) is 0 Å². The average molecular weight is 915 g/mol. The Morgan fingerprint density at radius 3 is 0.848 bits per heavy atom. The van der Waals surface area contributed by atoms with E-state index in [1.807, 2.05) is 0 Å². The predicted octanol–water partition coefficient (Wildman–Crippen LogP) is 12.1. The molecule has 0 aliphatic carbocycles. The Morgan fingerprint density at radius 2 is 0.630 bits per heavy atom. The zero-order valence-electron chi connectivity index (χ0n) is 32.5. The van der Waals surface area contributed by atoms with Crippen LogP contribution in [-0.4, -0.2) is 56.8 Å². The molecule has 46 heavy (non-hydrogen) atoms. The minimum atomic E-state index is -0.363. The van der Waals surface area contributed by atoms with Crippen molar-refractivity contribution in [2.75, 3.05) is 0 Å². The summed E-state index contributed by atoms with van der Waals surface area (Å²) in [5.41, 5.74) is 5.26. The van der Waals surface area contributed by atoms with E-state index in [-0.39, 0.29) is 80.3 Å². The number of allylic oxidation sites excluding steroid dienone is 18. The number of hydrogen-bond acceptors (Lipinski definition) is 0. The Hall–Kier alpha value is -0.241. The van der Waals surface area contributed by atoms with Gasteiger partial charge in [-0.05, 0) is 0 Å². The molecule has 254 valence electrons.